The fraction of sp³-hybridized carbons (Fsp3) is 0.333. The van der Waals surface area contributed by atoms with Gasteiger partial charge in [-0.1, -0.05) is 0 Å². The Morgan fingerprint density at radius 3 is 2.83 bits per heavy atom. The van der Waals surface area contributed by atoms with Gasteiger partial charge in [0.05, 0.1) is 18.2 Å². The number of hydrogen-bond acceptors (Lipinski definition) is 3. The Balaban J connectivity index is 2.50. The summed E-state index contributed by atoms with van der Waals surface area (Å²) in [5.74, 6) is -1.45. The Morgan fingerprint density at radius 1 is 1.50 bits per heavy atom. The van der Waals surface area contributed by atoms with E-state index in [1.165, 1.54) is 11.0 Å². The highest BCUT2D eigenvalue weighted by molar-refractivity contribution is 8.00. The van der Waals surface area contributed by atoms with Crippen molar-refractivity contribution in [1.29, 1.82) is 5.26 Å². The molecule has 0 aliphatic heterocycles. The van der Waals surface area contributed by atoms with E-state index in [0.717, 1.165) is 23.9 Å². The SMILES string of the molecule is CN(CCC#N)C(=O)CSc1ccc(F)cc1F. The lowest BCUT2D eigenvalue weighted by molar-refractivity contribution is -0.127. The number of nitriles is 1. The number of amides is 1. The molecule has 0 N–H and O–H groups in total. The van der Waals surface area contributed by atoms with E-state index in [4.69, 9.17) is 5.26 Å². The summed E-state index contributed by atoms with van der Waals surface area (Å²) in [5.41, 5.74) is 0. The molecule has 0 aromatic heterocycles. The van der Waals surface area contributed by atoms with Gasteiger partial charge in [0.15, 0.2) is 0 Å². The molecule has 0 radical (unpaired) electrons. The molecule has 0 fully saturated rings. The smallest absolute Gasteiger partial charge is 0.232 e. The van der Waals surface area contributed by atoms with Gasteiger partial charge in [-0.05, 0) is 12.1 Å². The summed E-state index contributed by atoms with van der Waals surface area (Å²) in [6.45, 7) is 0.349. The quantitative estimate of drug-likeness (QED) is 0.772. The van der Waals surface area contributed by atoms with Crippen molar-refractivity contribution in [3.05, 3.63) is 29.8 Å². The van der Waals surface area contributed by atoms with Crippen LogP contribution < -0.4 is 0 Å². The first kappa shape index (κ1) is 14.5. The van der Waals surface area contributed by atoms with Crippen molar-refractivity contribution >= 4 is 17.7 Å². The molecule has 0 aliphatic rings. The van der Waals surface area contributed by atoms with Crippen molar-refractivity contribution < 1.29 is 13.6 Å². The maximum atomic E-state index is 13.3. The molecule has 0 saturated carbocycles. The maximum Gasteiger partial charge on any atom is 0.232 e. The largest absolute Gasteiger partial charge is 0.344 e. The first-order valence-corrected chi connectivity index (χ1v) is 6.22. The molecule has 1 aromatic carbocycles. The molecular formula is C12H12F2N2OS. The third kappa shape index (κ3) is 4.34. The second kappa shape index (κ2) is 6.97. The highest BCUT2D eigenvalue weighted by atomic mass is 32.2. The molecule has 96 valence electrons. The standard InChI is InChI=1S/C12H12F2N2OS/c1-16(6-2-5-15)12(17)8-18-11-4-3-9(13)7-10(11)14/h3-4,7H,2,6,8H2,1H3. The highest BCUT2D eigenvalue weighted by Crippen LogP contribution is 2.22. The van der Waals surface area contributed by atoms with Gasteiger partial charge in [-0.15, -0.1) is 11.8 Å². The number of hydrogen-bond donors (Lipinski definition) is 0. The lowest BCUT2D eigenvalue weighted by atomic mass is 10.3. The van der Waals surface area contributed by atoms with Crippen LogP contribution in [0.25, 0.3) is 0 Å². The number of carbonyl (C=O) groups is 1. The Labute approximate surface area is 108 Å². The third-order valence-electron chi connectivity index (χ3n) is 2.23. The van der Waals surface area contributed by atoms with Gasteiger partial charge >= 0.3 is 0 Å². The molecule has 1 aromatic rings. The molecule has 0 saturated heterocycles. The summed E-state index contributed by atoms with van der Waals surface area (Å²) in [6.07, 6.45) is 0.262. The van der Waals surface area contributed by atoms with E-state index in [9.17, 15) is 13.6 Å². The maximum absolute atomic E-state index is 13.3. The van der Waals surface area contributed by atoms with Crippen LogP contribution in [0.15, 0.2) is 23.1 Å². The van der Waals surface area contributed by atoms with Gasteiger partial charge in [0.2, 0.25) is 5.91 Å². The number of nitrogens with zero attached hydrogens (tertiary/aromatic N) is 2. The van der Waals surface area contributed by atoms with Crippen LogP contribution in [0.2, 0.25) is 0 Å². The molecule has 0 bridgehead atoms. The summed E-state index contributed by atoms with van der Waals surface area (Å²) in [6, 6.07) is 5.18. The molecule has 0 heterocycles. The summed E-state index contributed by atoms with van der Waals surface area (Å²) in [5, 5.41) is 8.39. The predicted octanol–water partition coefficient (Wildman–Crippen LogP) is 2.43. The van der Waals surface area contributed by atoms with Crippen LogP contribution in [0.3, 0.4) is 0 Å². The average Bonchev–Trinajstić information content (AvgIpc) is 2.34. The van der Waals surface area contributed by atoms with E-state index < -0.39 is 11.6 Å². The number of thioether (sulfide) groups is 1. The van der Waals surface area contributed by atoms with E-state index in [1.807, 2.05) is 6.07 Å². The highest BCUT2D eigenvalue weighted by Gasteiger charge is 2.11. The van der Waals surface area contributed by atoms with Gasteiger partial charge in [-0.3, -0.25) is 4.79 Å². The lowest BCUT2D eigenvalue weighted by Crippen LogP contribution is -2.29. The van der Waals surface area contributed by atoms with Crippen LogP contribution in [0, 0.1) is 23.0 Å². The lowest BCUT2D eigenvalue weighted by Gasteiger charge is -2.15. The number of halogens is 2. The van der Waals surface area contributed by atoms with Gasteiger partial charge in [0, 0.05) is 24.6 Å². The number of carbonyl (C=O) groups excluding carboxylic acids is 1. The molecule has 0 spiro atoms. The minimum absolute atomic E-state index is 0.0600. The second-order valence-corrected chi connectivity index (χ2v) is 4.60. The van der Waals surface area contributed by atoms with Crippen molar-refractivity contribution in [2.24, 2.45) is 0 Å². The van der Waals surface area contributed by atoms with Crippen molar-refractivity contribution in [3.8, 4) is 6.07 Å². The van der Waals surface area contributed by atoms with Crippen LogP contribution in [0.1, 0.15) is 6.42 Å². The van der Waals surface area contributed by atoms with E-state index >= 15 is 0 Å². The predicted molar refractivity (Wildman–Crippen MR) is 64.9 cm³/mol. The zero-order valence-corrected chi connectivity index (χ0v) is 10.6. The fourth-order valence-electron chi connectivity index (χ4n) is 1.18. The van der Waals surface area contributed by atoms with Gasteiger partial charge in [-0.2, -0.15) is 5.26 Å². The van der Waals surface area contributed by atoms with E-state index in [-0.39, 0.29) is 23.0 Å². The summed E-state index contributed by atoms with van der Waals surface area (Å²) >= 11 is 1.01. The Hall–Kier alpha value is -1.61. The zero-order chi connectivity index (χ0) is 13.5. The van der Waals surface area contributed by atoms with E-state index in [1.54, 1.807) is 7.05 Å². The zero-order valence-electron chi connectivity index (χ0n) is 9.82. The summed E-state index contributed by atoms with van der Waals surface area (Å²) in [7, 11) is 1.58. The third-order valence-corrected chi connectivity index (χ3v) is 3.26. The Bertz CT molecular complexity index is 474. The van der Waals surface area contributed by atoms with Crippen molar-refractivity contribution in [2.45, 2.75) is 11.3 Å². The van der Waals surface area contributed by atoms with Crippen LogP contribution in [0.5, 0.6) is 0 Å². The van der Waals surface area contributed by atoms with Crippen LogP contribution >= 0.6 is 11.8 Å². The van der Waals surface area contributed by atoms with Crippen LogP contribution in [0.4, 0.5) is 8.78 Å². The summed E-state index contributed by atoms with van der Waals surface area (Å²) in [4.78, 5) is 13.2. The molecule has 0 aliphatic carbocycles. The van der Waals surface area contributed by atoms with Gasteiger partial charge in [0.1, 0.15) is 11.6 Å². The van der Waals surface area contributed by atoms with Crippen molar-refractivity contribution in [2.75, 3.05) is 19.3 Å². The first-order chi connectivity index (χ1) is 8.54. The molecule has 18 heavy (non-hydrogen) atoms. The first-order valence-electron chi connectivity index (χ1n) is 5.23. The topological polar surface area (TPSA) is 44.1 Å². The van der Waals surface area contributed by atoms with E-state index in [0.29, 0.717) is 6.54 Å². The molecule has 6 heteroatoms. The number of rotatable bonds is 5. The monoisotopic (exact) mass is 270 g/mol. The van der Waals surface area contributed by atoms with Gasteiger partial charge < -0.3 is 4.90 Å². The number of benzene rings is 1. The minimum atomic E-state index is -0.674. The second-order valence-electron chi connectivity index (χ2n) is 3.59. The normalized spacial score (nSPS) is 9.89. The van der Waals surface area contributed by atoms with Gasteiger partial charge in [0.25, 0.3) is 0 Å². The van der Waals surface area contributed by atoms with Crippen molar-refractivity contribution in [3.63, 3.8) is 0 Å². The summed E-state index contributed by atoms with van der Waals surface area (Å²) < 4.78 is 25.9. The Morgan fingerprint density at radius 2 is 2.22 bits per heavy atom. The average molecular weight is 270 g/mol. The molecule has 1 rings (SSSR count). The molecule has 0 atom stereocenters. The fourth-order valence-corrected chi connectivity index (χ4v) is 2.04. The molecule has 1 amide bonds. The minimum Gasteiger partial charge on any atom is -0.344 e. The van der Waals surface area contributed by atoms with Crippen LogP contribution in [-0.2, 0) is 4.79 Å². The van der Waals surface area contributed by atoms with E-state index in [2.05, 4.69) is 0 Å². The molecule has 3 nitrogen and oxygen atoms in total. The van der Waals surface area contributed by atoms with Crippen LogP contribution in [-0.4, -0.2) is 30.2 Å². The molecule has 0 unspecified atom stereocenters. The van der Waals surface area contributed by atoms with Crippen molar-refractivity contribution in [1.82, 2.24) is 4.90 Å². The van der Waals surface area contributed by atoms with Gasteiger partial charge in [-0.25, -0.2) is 8.78 Å². The molecular weight excluding hydrogens is 258 g/mol. The Kier molecular flexibility index (Phi) is 5.59.